The molecular formula is C15H32O6. The highest BCUT2D eigenvalue weighted by Gasteiger charge is 2.28. The van der Waals surface area contributed by atoms with E-state index >= 15 is 0 Å². The minimum atomic E-state index is -0.718. The Hall–Kier alpha value is -0.240. The first-order valence-corrected chi connectivity index (χ1v) is 7.25. The van der Waals surface area contributed by atoms with Crippen LogP contribution in [-0.4, -0.2) is 71.3 Å². The molecule has 0 rings (SSSR count). The number of hydrogen-bond acceptors (Lipinski definition) is 6. The molecular weight excluding hydrogens is 276 g/mol. The first-order valence-electron chi connectivity index (χ1n) is 7.25. The lowest BCUT2D eigenvalue weighted by molar-refractivity contribution is -0.181. The Bertz CT molecular complexity index is 268. The second kappa shape index (κ2) is 8.41. The van der Waals surface area contributed by atoms with Gasteiger partial charge in [-0.2, -0.15) is 0 Å². The van der Waals surface area contributed by atoms with Gasteiger partial charge in [0.15, 0.2) is 0 Å². The minimum absolute atomic E-state index is 0.105. The highest BCUT2D eigenvalue weighted by molar-refractivity contribution is 4.75. The molecule has 0 saturated heterocycles. The normalized spacial score (nSPS) is 14.0. The van der Waals surface area contributed by atoms with E-state index in [4.69, 9.17) is 14.2 Å². The number of aliphatic hydroxyl groups excluding tert-OH is 3. The molecule has 0 saturated carbocycles. The molecule has 0 fully saturated rings. The number of aliphatic hydroxyl groups is 3. The largest absolute Gasteiger partial charge is 0.393 e. The summed E-state index contributed by atoms with van der Waals surface area (Å²) in [6.45, 7) is 10.8. The standard InChI is InChI=1S/C15H32O6/c1-13(2,9-16)19-7-12(21-15(5,6)11-18)8-20-14(3,4)10-17/h12,16-18H,7-11H2,1-6H3. The van der Waals surface area contributed by atoms with Gasteiger partial charge in [-0.15, -0.1) is 0 Å². The van der Waals surface area contributed by atoms with E-state index in [0.29, 0.717) is 0 Å². The predicted molar refractivity (Wildman–Crippen MR) is 80.3 cm³/mol. The van der Waals surface area contributed by atoms with Gasteiger partial charge >= 0.3 is 0 Å². The molecule has 0 aliphatic carbocycles. The van der Waals surface area contributed by atoms with Crippen LogP contribution in [0, 0.1) is 0 Å². The SMILES string of the molecule is CC(C)(CO)OCC(COC(C)(C)CO)OC(C)(C)CO. The molecule has 0 atom stereocenters. The van der Waals surface area contributed by atoms with Crippen LogP contribution in [0.4, 0.5) is 0 Å². The molecule has 6 heteroatoms. The fourth-order valence-electron chi connectivity index (χ4n) is 1.33. The molecule has 0 aromatic rings. The summed E-state index contributed by atoms with van der Waals surface area (Å²) in [7, 11) is 0. The zero-order valence-electron chi connectivity index (χ0n) is 14.2. The third-order valence-electron chi connectivity index (χ3n) is 2.95. The van der Waals surface area contributed by atoms with Crippen molar-refractivity contribution in [3.63, 3.8) is 0 Å². The molecule has 0 aliphatic rings. The molecule has 21 heavy (non-hydrogen) atoms. The molecule has 0 unspecified atom stereocenters. The van der Waals surface area contributed by atoms with Gasteiger partial charge in [0, 0.05) is 0 Å². The summed E-state index contributed by atoms with van der Waals surface area (Å²) < 4.78 is 17.1. The van der Waals surface area contributed by atoms with Gasteiger partial charge in [-0.3, -0.25) is 0 Å². The maximum absolute atomic E-state index is 9.30. The third kappa shape index (κ3) is 9.39. The number of ether oxygens (including phenoxy) is 3. The van der Waals surface area contributed by atoms with Crippen molar-refractivity contribution in [1.29, 1.82) is 0 Å². The van der Waals surface area contributed by atoms with Crippen molar-refractivity contribution in [3.05, 3.63) is 0 Å². The number of hydrogen-bond donors (Lipinski definition) is 3. The van der Waals surface area contributed by atoms with Crippen molar-refractivity contribution in [1.82, 2.24) is 0 Å². The zero-order chi connectivity index (χ0) is 16.7. The van der Waals surface area contributed by atoms with Crippen molar-refractivity contribution in [2.24, 2.45) is 0 Å². The van der Waals surface area contributed by atoms with E-state index in [1.54, 1.807) is 41.5 Å². The van der Waals surface area contributed by atoms with Gasteiger partial charge in [-0.05, 0) is 41.5 Å². The van der Waals surface area contributed by atoms with E-state index in [1.807, 2.05) is 0 Å². The van der Waals surface area contributed by atoms with E-state index in [1.165, 1.54) is 0 Å². The summed E-state index contributed by atoms with van der Waals surface area (Å²) in [5, 5.41) is 27.7. The van der Waals surface area contributed by atoms with Crippen LogP contribution in [-0.2, 0) is 14.2 Å². The Balaban J connectivity index is 4.62. The quantitative estimate of drug-likeness (QED) is 0.521. The van der Waals surface area contributed by atoms with Crippen molar-refractivity contribution in [2.45, 2.75) is 64.4 Å². The monoisotopic (exact) mass is 308 g/mol. The predicted octanol–water partition coefficient (Wildman–Crippen LogP) is 0.717. The van der Waals surface area contributed by atoms with Crippen molar-refractivity contribution < 1.29 is 29.5 Å². The Morgan fingerprint density at radius 1 is 0.667 bits per heavy atom. The smallest absolute Gasteiger partial charge is 0.105 e. The minimum Gasteiger partial charge on any atom is -0.393 e. The maximum Gasteiger partial charge on any atom is 0.105 e. The first kappa shape index (κ1) is 20.8. The van der Waals surface area contributed by atoms with Crippen molar-refractivity contribution >= 4 is 0 Å². The lowest BCUT2D eigenvalue weighted by Crippen LogP contribution is -2.43. The molecule has 128 valence electrons. The zero-order valence-corrected chi connectivity index (χ0v) is 14.2. The van der Waals surface area contributed by atoms with Crippen LogP contribution in [0.2, 0.25) is 0 Å². The highest BCUT2D eigenvalue weighted by atomic mass is 16.6. The van der Waals surface area contributed by atoms with Crippen LogP contribution in [0.3, 0.4) is 0 Å². The Labute approximate surface area is 128 Å². The van der Waals surface area contributed by atoms with Crippen LogP contribution >= 0.6 is 0 Å². The fourth-order valence-corrected chi connectivity index (χ4v) is 1.33. The number of rotatable bonds is 11. The molecule has 0 aliphatic heterocycles. The third-order valence-corrected chi connectivity index (χ3v) is 2.95. The Morgan fingerprint density at radius 2 is 1.00 bits per heavy atom. The van der Waals surface area contributed by atoms with Gasteiger partial charge < -0.3 is 29.5 Å². The fraction of sp³-hybridized carbons (Fsp3) is 1.00. The summed E-state index contributed by atoms with van der Waals surface area (Å²) in [4.78, 5) is 0. The average Bonchev–Trinajstić information content (AvgIpc) is 2.42. The highest BCUT2D eigenvalue weighted by Crippen LogP contribution is 2.17. The second-order valence-electron chi connectivity index (χ2n) is 7.12. The first-order chi connectivity index (χ1) is 9.47. The van der Waals surface area contributed by atoms with Crippen molar-refractivity contribution in [2.75, 3.05) is 33.0 Å². The van der Waals surface area contributed by atoms with Gasteiger partial charge in [-0.25, -0.2) is 0 Å². The van der Waals surface area contributed by atoms with E-state index in [0.717, 1.165) is 0 Å². The molecule has 0 aromatic heterocycles. The lowest BCUT2D eigenvalue weighted by atomic mass is 10.1. The van der Waals surface area contributed by atoms with Crippen LogP contribution in [0.25, 0.3) is 0 Å². The van der Waals surface area contributed by atoms with E-state index < -0.39 is 22.9 Å². The molecule has 0 bridgehead atoms. The summed E-state index contributed by atoms with van der Waals surface area (Å²) >= 11 is 0. The topological polar surface area (TPSA) is 88.4 Å². The van der Waals surface area contributed by atoms with Gasteiger partial charge in [-0.1, -0.05) is 0 Å². The Morgan fingerprint density at radius 3 is 1.29 bits per heavy atom. The van der Waals surface area contributed by atoms with Crippen LogP contribution in [0.5, 0.6) is 0 Å². The summed E-state index contributed by atoms with van der Waals surface area (Å²) in [6, 6.07) is 0. The Kier molecular flexibility index (Phi) is 8.31. The molecule has 0 amide bonds. The molecule has 6 nitrogen and oxygen atoms in total. The van der Waals surface area contributed by atoms with Crippen LogP contribution in [0.1, 0.15) is 41.5 Å². The molecule has 3 N–H and O–H groups in total. The lowest BCUT2D eigenvalue weighted by Gasteiger charge is -2.33. The van der Waals surface area contributed by atoms with Gasteiger partial charge in [0.05, 0.1) is 49.8 Å². The average molecular weight is 308 g/mol. The summed E-state index contributed by atoms with van der Waals surface area (Å²) in [6.07, 6.45) is -0.413. The maximum atomic E-state index is 9.30. The van der Waals surface area contributed by atoms with Crippen LogP contribution < -0.4 is 0 Å². The van der Waals surface area contributed by atoms with E-state index in [2.05, 4.69) is 0 Å². The molecule has 0 radical (unpaired) electrons. The van der Waals surface area contributed by atoms with Gasteiger partial charge in [0.25, 0.3) is 0 Å². The van der Waals surface area contributed by atoms with Gasteiger partial charge in [0.1, 0.15) is 6.10 Å². The van der Waals surface area contributed by atoms with Crippen LogP contribution in [0.15, 0.2) is 0 Å². The second-order valence-corrected chi connectivity index (χ2v) is 7.12. The van der Waals surface area contributed by atoms with Gasteiger partial charge in [0.2, 0.25) is 0 Å². The summed E-state index contributed by atoms with van der Waals surface area (Å²) in [5.74, 6) is 0. The molecule has 0 heterocycles. The summed E-state index contributed by atoms with van der Waals surface area (Å²) in [5.41, 5.74) is -2.06. The van der Waals surface area contributed by atoms with Crippen molar-refractivity contribution in [3.8, 4) is 0 Å². The molecule has 0 spiro atoms. The van der Waals surface area contributed by atoms with E-state index in [9.17, 15) is 15.3 Å². The van der Waals surface area contributed by atoms with E-state index in [-0.39, 0.29) is 33.0 Å². The molecule has 0 aromatic carbocycles.